The molecule has 0 aliphatic rings. The molecule has 0 spiro atoms. The van der Waals surface area contributed by atoms with Crippen molar-refractivity contribution in [1.29, 1.82) is 0 Å². The van der Waals surface area contributed by atoms with Crippen LogP contribution in [-0.2, 0) is 0 Å². The van der Waals surface area contributed by atoms with Crippen molar-refractivity contribution >= 4 is 6.29 Å². The first-order valence-corrected chi connectivity index (χ1v) is 4.67. The van der Waals surface area contributed by atoms with E-state index in [1.807, 2.05) is 33.8 Å². The van der Waals surface area contributed by atoms with E-state index >= 15 is 0 Å². The first kappa shape index (κ1) is 10.8. The summed E-state index contributed by atoms with van der Waals surface area (Å²) in [5, 5.41) is 0. The van der Waals surface area contributed by atoms with Crippen LogP contribution in [0.4, 0.5) is 0 Å². The Morgan fingerprint density at radius 3 is 2.43 bits per heavy atom. The average molecular weight is 192 g/mol. The summed E-state index contributed by atoms with van der Waals surface area (Å²) in [6, 6.07) is 5.45. The van der Waals surface area contributed by atoms with E-state index < -0.39 is 0 Å². The molecule has 0 heterocycles. The van der Waals surface area contributed by atoms with E-state index in [2.05, 4.69) is 0 Å². The van der Waals surface area contributed by atoms with Gasteiger partial charge in [-0.15, -0.1) is 0 Å². The second-order valence-corrected chi connectivity index (χ2v) is 4.36. The minimum atomic E-state index is -0.230. The molecule has 2 nitrogen and oxygen atoms in total. The molecule has 76 valence electrons. The topological polar surface area (TPSA) is 26.3 Å². The highest BCUT2D eigenvalue weighted by Crippen LogP contribution is 2.23. The molecule has 0 radical (unpaired) electrons. The molecule has 0 N–H and O–H groups in total. The first-order valence-electron chi connectivity index (χ1n) is 4.67. The molecule has 0 fully saturated rings. The predicted octanol–water partition coefficient (Wildman–Crippen LogP) is 2.98. The molecule has 0 aliphatic heterocycles. The zero-order chi connectivity index (χ0) is 10.8. The molecular weight excluding hydrogens is 176 g/mol. The van der Waals surface area contributed by atoms with E-state index in [0.717, 1.165) is 17.6 Å². The van der Waals surface area contributed by atoms with Crippen LogP contribution in [0.15, 0.2) is 18.2 Å². The normalized spacial score (nSPS) is 11.1. The lowest BCUT2D eigenvalue weighted by Gasteiger charge is -2.22. The maximum Gasteiger partial charge on any atom is 0.150 e. The minimum Gasteiger partial charge on any atom is -0.488 e. The molecule has 0 atom stereocenters. The average Bonchev–Trinajstić information content (AvgIpc) is 2.06. The van der Waals surface area contributed by atoms with Gasteiger partial charge in [0.2, 0.25) is 0 Å². The Morgan fingerprint density at radius 1 is 1.29 bits per heavy atom. The Hall–Kier alpha value is -1.31. The van der Waals surface area contributed by atoms with Gasteiger partial charge in [0.05, 0.1) is 0 Å². The van der Waals surface area contributed by atoms with Crippen LogP contribution in [0, 0.1) is 6.92 Å². The van der Waals surface area contributed by atoms with Crippen LogP contribution in [0.1, 0.15) is 36.7 Å². The van der Waals surface area contributed by atoms with Crippen molar-refractivity contribution in [1.82, 2.24) is 0 Å². The van der Waals surface area contributed by atoms with E-state index in [9.17, 15) is 4.79 Å². The number of benzene rings is 1. The molecule has 0 bridgehead atoms. The minimum absolute atomic E-state index is 0.230. The van der Waals surface area contributed by atoms with Gasteiger partial charge in [0.1, 0.15) is 17.6 Å². The highest BCUT2D eigenvalue weighted by molar-refractivity contribution is 5.75. The van der Waals surface area contributed by atoms with E-state index in [-0.39, 0.29) is 5.60 Å². The Bertz CT molecular complexity index is 335. The smallest absolute Gasteiger partial charge is 0.150 e. The van der Waals surface area contributed by atoms with Crippen molar-refractivity contribution in [2.45, 2.75) is 33.3 Å². The summed E-state index contributed by atoms with van der Waals surface area (Å²) in [7, 11) is 0. The number of aryl methyl sites for hydroxylation is 1. The Labute approximate surface area is 84.9 Å². The van der Waals surface area contributed by atoms with E-state index in [4.69, 9.17) is 4.74 Å². The SMILES string of the molecule is Cc1ccc(C=O)cc1OC(C)(C)C. The van der Waals surface area contributed by atoms with E-state index in [0.29, 0.717) is 5.56 Å². The van der Waals surface area contributed by atoms with Gasteiger partial charge in [-0.25, -0.2) is 0 Å². The second-order valence-electron chi connectivity index (χ2n) is 4.36. The van der Waals surface area contributed by atoms with Crippen LogP contribution in [0.2, 0.25) is 0 Å². The van der Waals surface area contributed by atoms with Gasteiger partial charge in [0.25, 0.3) is 0 Å². The highest BCUT2D eigenvalue weighted by atomic mass is 16.5. The molecule has 0 unspecified atom stereocenters. The zero-order valence-corrected chi connectivity index (χ0v) is 9.13. The molecular formula is C12H16O2. The number of hydrogen-bond acceptors (Lipinski definition) is 2. The summed E-state index contributed by atoms with van der Waals surface area (Å²) in [6.07, 6.45) is 0.828. The van der Waals surface area contributed by atoms with Gasteiger partial charge in [-0.2, -0.15) is 0 Å². The van der Waals surface area contributed by atoms with Crippen molar-refractivity contribution in [2.75, 3.05) is 0 Å². The number of carbonyl (C=O) groups excluding carboxylic acids is 1. The summed E-state index contributed by atoms with van der Waals surface area (Å²) in [6.45, 7) is 7.93. The second kappa shape index (κ2) is 3.82. The Kier molecular flexibility index (Phi) is 2.94. The molecule has 0 saturated heterocycles. The third kappa shape index (κ3) is 2.87. The molecule has 1 rings (SSSR count). The van der Waals surface area contributed by atoms with Crippen molar-refractivity contribution in [3.8, 4) is 5.75 Å². The maximum atomic E-state index is 10.6. The predicted molar refractivity (Wildman–Crippen MR) is 56.9 cm³/mol. The summed E-state index contributed by atoms with van der Waals surface area (Å²) in [5.41, 5.74) is 1.46. The first-order chi connectivity index (χ1) is 6.42. The lowest BCUT2D eigenvalue weighted by molar-refractivity contribution is 0.111. The molecule has 2 heteroatoms. The largest absolute Gasteiger partial charge is 0.488 e. The number of rotatable bonds is 2. The van der Waals surface area contributed by atoms with Gasteiger partial charge >= 0.3 is 0 Å². The number of hydrogen-bond donors (Lipinski definition) is 0. The van der Waals surface area contributed by atoms with Crippen LogP contribution in [-0.4, -0.2) is 11.9 Å². The molecule has 1 aromatic rings. The van der Waals surface area contributed by atoms with Crippen LogP contribution >= 0.6 is 0 Å². The zero-order valence-electron chi connectivity index (χ0n) is 9.13. The van der Waals surface area contributed by atoms with Gasteiger partial charge in [-0.1, -0.05) is 12.1 Å². The molecule has 0 aliphatic carbocycles. The standard InChI is InChI=1S/C12H16O2/c1-9-5-6-10(8-13)7-11(9)14-12(2,3)4/h5-8H,1-4H3. The van der Waals surface area contributed by atoms with Crippen LogP contribution in [0.25, 0.3) is 0 Å². The van der Waals surface area contributed by atoms with Crippen LogP contribution in [0.3, 0.4) is 0 Å². The number of ether oxygens (including phenoxy) is 1. The molecule has 1 aromatic carbocycles. The number of carbonyl (C=O) groups is 1. The third-order valence-electron chi connectivity index (χ3n) is 1.76. The van der Waals surface area contributed by atoms with Gasteiger partial charge in [0, 0.05) is 5.56 Å². The van der Waals surface area contributed by atoms with Gasteiger partial charge < -0.3 is 4.74 Å². The number of aldehydes is 1. The lowest BCUT2D eigenvalue weighted by atomic mass is 10.1. The van der Waals surface area contributed by atoms with Gasteiger partial charge in [0.15, 0.2) is 0 Å². The Balaban J connectivity index is 3.01. The lowest BCUT2D eigenvalue weighted by Crippen LogP contribution is -2.23. The monoisotopic (exact) mass is 192 g/mol. The summed E-state index contributed by atoms with van der Waals surface area (Å²) < 4.78 is 5.72. The van der Waals surface area contributed by atoms with E-state index in [1.54, 1.807) is 12.1 Å². The third-order valence-corrected chi connectivity index (χ3v) is 1.76. The fraction of sp³-hybridized carbons (Fsp3) is 0.417. The quantitative estimate of drug-likeness (QED) is 0.673. The molecule has 14 heavy (non-hydrogen) atoms. The fourth-order valence-electron chi connectivity index (χ4n) is 1.13. The van der Waals surface area contributed by atoms with Crippen molar-refractivity contribution in [2.24, 2.45) is 0 Å². The van der Waals surface area contributed by atoms with E-state index in [1.165, 1.54) is 0 Å². The molecule has 0 amide bonds. The van der Waals surface area contributed by atoms with Crippen molar-refractivity contribution < 1.29 is 9.53 Å². The summed E-state index contributed by atoms with van der Waals surface area (Å²) in [5.74, 6) is 0.780. The van der Waals surface area contributed by atoms with Crippen molar-refractivity contribution in [3.05, 3.63) is 29.3 Å². The molecule has 0 saturated carbocycles. The van der Waals surface area contributed by atoms with Gasteiger partial charge in [-0.05, 0) is 39.3 Å². The maximum absolute atomic E-state index is 10.6. The molecule has 0 aromatic heterocycles. The summed E-state index contributed by atoms with van der Waals surface area (Å²) in [4.78, 5) is 10.6. The van der Waals surface area contributed by atoms with Crippen molar-refractivity contribution in [3.63, 3.8) is 0 Å². The van der Waals surface area contributed by atoms with Crippen LogP contribution in [0.5, 0.6) is 5.75 Å². The van der Waals surface area contributed by atoms with Gasteiger partial charge in [-0.3, -0.25) is 4.79 Å². The fourth-order valence-corrected chi connectivity index (χ4v) is 1.13. The highest BCUT2D eigenvalue weighted by Gasteiger charge is 2.13. The summed E-state index contributed by atoms with van der Waals surface area (Å²) >= 11 is 0. The van der Waals surface area contributed by atoms with Crippen LogP contribution < -0.4 is 4.74 Å². The Morgan fingerprint density at radius 2 is 1.93 bits per heavy atom.